The van der Waals surface area contributed by atoms with Crippen molar-refractivity contribution in [1.29, 1.82) is 0 Å². The number of hydrogen-bond acceptors (Lipinski definition) is 4. The van der Waals surface area contributed by atoms with E-state index in [1.165, 1.54) is 25.7 Å². The fraction of sp³-hybridized carbons (Fsp3) is 1.00. The van der Waals surface area contributed by atoms with E-state index in [0.29, 0.717) is 11.5 Å². The van der Waals surface area contributed by atoms with E-state index >= 15 is 0 Å². The minimum Gasteiger partial charge on any atom is -0.381 e. The zero-order valence-corrected chi connectivity index (χ0v) is 11.9. The largest absolute Gasteiger partial charge is 0.381 e. The highest BCUT2D eigenvalue weighted by Gasteiger charge is 2.34. The maximum atomic E-state index is 5.72. The quantitative estimate of drug-likeness (QED) is 0.772. The van der Waals surface area contributed by atoms with Gasteiger partial charge in [0.15, 0.2) is 0 Å². The summed E-state index contributed by atoms with van der Waals surface area (Å²) < 4.78 is 11.4. The standard InChI is InChI=1S/C14H28N2O2/c1-15-10-14(6-4-7-17-12-14)11-16(2)9-13-5-3-8-18-13/h13,15H,3-12H2,1-2H3. The lowest BCUT2D eigenvalue weighted by atomic mass is 9.82. The molecule has 2 heterocycles. The number of ether oxygens (including phenoxy) is 2. The number of nitrogens with one attached hydrogen (secondary N) is 1. The van der Waals surface area contributed by atoms with Gasteiger partial charge in [0.05, 0.1) is 12.7 Å². The second kappa shape index (κ2) is 6.85. The van der Waals surface area contributed by atoms with E-state index in [2.05, 4.69) is 17.3 Å². The zero-order chi connectivity index (χ0) is 12.8. The van der Waals surface area contributed by atoms with Crippen molar-refractivity contribution in [2.24, 2.45) is 5.41 Å². The van der Waals surface area contributed by atoms with Gasteiger partial charge in [-0.3, -0.25) is 0 Å². The van der Waals surface area contributed by atoms with E-state index in [1.807, 2.05) is 7.05 Å². The van der Waals surface area contributed by atoms with Crippen molar-refractivity contribution in [2.45, 2.75) is 31.8 Å². The van der Waals surface area contributed by atoms with E-state index in [4.69, 9.17) is 9.47 Å². The number of hydrogen-bond donors (Lipinski definition) is 1. The number of rotatable bonds is 6. The SMILES string of the molecule is CNCC1(CN(C)CC2CCCO2)CCCOC1. The van der Waals surface area contributed by atoms with Crippen LogP contribution >= 0.6 is 0 Å². The predicted molar refractivity (Wildman–Crippen MR) is 72.9 cm³/mol. The molecule has 2 unspecified atom stereocenters. The van der Waals surface area contributed by atoms with Crippen molar-refractivity contribution < 1.29 is 9.47 Å². The van der Waals surface area contributed by atoms with Crippen LogP contribution in [0.25, 0.3) is 0 Å². The Labute approximate surface area is 111 Å². The highest BCUT2D eigenvalue weighted by atomic mass is 16.5. The van der Waals surface area contributed by atoms with Gasteiger partial charge in [-0.25, -0.2) is 0 Å². The fourth-order valence-electron chi connectivity index (χ4n) is 3.38. The third-order valence-corrected chi connectivity index (χ3v) is 4.10. The second-order valence-electron chi connectivity index (χ2n) is 6.02. The Kier molecular flexibility index (Phi) is 5.42. The van der Waals surface area contributed by atoms with Crippen molar-refractivity contribution in [3.63, 3.8) is 0 Å². The van der Waals surface area contributed by atoms with Gasteiger partial charge in [-0.05, 0) is 39.8 Å². The first-order chi connectivity index (χ1) is 8.74. The van der Waals surface area contributed by atoms with Crippen molar-refractivity contribution in [3.8, 4) is 0 Å². The molecule has 0 aromatic carbocycles. The van der Waals surface area contributed by atoms with Gasteiger partial charge in [-0.2, -0.15) is 0 Å². The molecule has 2 atom stereocenters. The van der Waals surface area contributed by atoms with E-state index in [1.54, 1.807) is 0 Å². The predicted octanol–water partition coefficient (Wildman–Crippen LogP) is 1.11. The van der Waals surface area contributed by atoms with E-state index in [0.717, 1.165) is 39.5 Å². The molecule has 4 nitrogen and oxygen atoms in total. The monoisotopic (exact) mass is 256 g/mol. The van der Waals surface area contributed by atoms with Crippen LogP contribution in [-0.2, 0) is 9.47 Å². The molecule has 4 heteroatoms. The van der Waals surface area contributed by atoms with Crippen LogP contribution in [0.3, 0.4) is 0 Å². The Morgan fingerprint density at radius 1 is 1.33 bits per heavy atom. The van der Waals surface area contributed by atoms with Crippen molar-refractivity contribution >= 4 is 0 Å². The first-order valence-corrected chi connectivity index (χ1v) is 7.27. The molecule has 0 bridgehead atoms. The molecule has 2 aliphatic heterocycles. The Morgan fingerprint density at radius 2 is 2.22 bits per heavy atom. The zero-order valence-electron chi connectivity index (χ0n) is 11.9. The molecule has 0 amide bonds. The highest BCUT2D eigenvalue weighted by molar-refractivity contribution is 4.87. The topological polar surface area (TPSA) is 33.7 Å². The van der Waals surface area contributed by atoms with Crippen LogP contribution in [0.1, 0.15) is 25.7 Å². The van der Waals surface area contributed by atoms with Crippen LogP contribution in [0.5, 0.6) is 0 Å². The van der Waals surface area contributed by atoms with E-state index in [-0.39, 0.29) is 0 Å². The summed E-state index contributed by atoms with van der Waals surface area (Å²) in [4.78, 5) is 2.43. The molecule has 0 saturated carbocycles. The molecule has 0 spiro atoms. The Balaban J connectivity index is 1.82. The lowest BCUT2D eigenvalue weighted by molar-refractivity contribution is -0.0280. The summed E-state index contributed by atoms with van der Waals surface area (Å²) in [5, 5.41) is 3.34. The third-order valence-electron chi connectivity index (χ3n) is 4.10. The fourth-order valence-corrected chi connectivity index (χ4v) is 3.38. The molecule has 0 aromatic rings. The Bertz CT molecular complexity index is 230. The normalized spacial score (nSPS) is 33.2. The summed E-state index contributed by atoms with van der Waals surface area (Å²) in [6, 6.07) is 0. The van der Waals surface area contributed by atoms with Gasteiger partial charge in [-0.1, -0.05) is 0 Å². The van der Waals surface area contributed by atoms with Crippen LogP contribution in [0, 0.1) is 5.41 Å². The van der Waals surface area contributed by atoms with Crippen LogP contribution < -0.4 is 5.32 Å². The summed E-state index contributed by atoms with van der Waals surface area (Å²) in [7, 11) is 4.25. The van der Waals surface area contributed by atoms with Gasteiger partial charge in [0.1, 0.15) is 0 Å². The van der Waals surface area contributed by atoms with Gasteiger partial charge in [0, 0.05) is 38.3 Å². The van der Waals surface area contributed by atoms with E-state index < -0.39 is 0 Å². The van der Waals surface area contributed by atoms with Crippen molar-refractivity contribution in [3.05, 3.63) is 0 Å². The van der Waals surface area contributed by atoms with Gasteiger partial charge >= 0.3 is 0 Å². The van der Waals surface area contributed by atoms with Crippen molar-refractivity contribution in [1.82, 2.24) is 10.2 Å². The van der Waals surface area contributed by atoms with Crippen LogP contribution in [0.2, 0.25) is 0 Å². The molecule has 106 valence electrons. The average Bonchev–Trinajstić information content (AvgIpc) is 2.83. The summed E-state index contributed by atoms with van der Waals surface area (Å²) in [5.41, 5.74) is 0.292. The molecule has 0 aliphatic carbocycles. The molecule has 0 aromatic heterocycles. The van der Waals surface area contributed by atoms with Gasteiger partial charge in [-0.15, -0.1) is 0 Å². The molecule has 2 saturated heterocycles. The summed E-state index contributed by atoms with van der Waals surface area (Å²) in [5.74, 6) is 0. The van der Waals surface area contributed by atoms with Gasteiger partial charge in [0.2, 0.25) is 0 Å². The van der Waals surface area contributed by atoms with Gasteiger partial charge in [0.25, 0.3) is 0 Å². The summed E-state index contributed by atoms with van der Waals surface area (Å²) in [6.45, 7) is 5.98. The van der Waals surface area contributed by atoms with Crippen LogP contribution in [0.15, 0.2) is 0 Å². The first-order valence-electron chi connectivity index (χ1n) is 7.27. The lowest BCUT2D eigenvalue weighted by Gasteiger charge is -2.40. The van der Waals surface area contributed by atoms with E-state index in [9.17, 15) is 0 Å². The molecule has 1 N–H and O–H groups in total. The van der Waals surface area contributed by atoms with Gasteiger partial charge < -0.3 is 19.7 Å². The van der Waals surface area contributed by atoms with Crippen LogP contribution in [0.4, 0.5) is 0 Å². The molecule has 0 radical (unpaired) electrons. The number of nitrogens with zero attached hydrogens (tertiary/aromatic N) is 1. The highest BCUT2D eigenvalue weighted by Crippen LogP contribution is 2.29. The second-order valence-corrected chi connectivity index (χ2v) is 6.02. The van der Waals surface area contributed by atoms with Crippen LogP contribution in [-0.4, -0.2) is 64.6 Å². The molecular weight excluding hydrogens is 228 g/mol. The van der Waals surface area contributed by atoms with Crippen molar-refractivity contribution in [2.75, 3.05) is 53.6 Å². The number of likely N-dealkylation sites (N-methyl/N-ethyl adjacent to an activating group) is 1. The molecule has 2 fully saturated rings. The Hall–Kier alpha value is -0.160. The minimum absolute atomic E-state index is 0.292. The summed E-state index contributed by atoms with van der Waals surface area (Å²) >= 11 is 0. The molecule has 2 rings (SSSR count). The lowest BCUT2D eigenvalue weighted by Crippen LogP contribution is -2.48. The molecular formula is C14H28N2O2. The molecule has 18 heavy (non-hydrogen) atoms. The maximum Gasteiger partial charge on any atom is 0.0702 e. The summed E-state index contributed by atoms with van der Waals surface area (Å²) in [6.07, 6.45) is 5.36. The average molecular weight is 256 g/mol. The maximum absolute atomic E-state index is 5.72. The minimum atomic E-state index is 0.292. The third kappa shape index (κ3) is 3.92. The first kappa shape index (κ1) is 14.3. The molecule has 2 aliphatic rings. The smallest absolute Gasteiger partial charge is 0.0702 e. The Morgan fingerprint density at radius 3 is 2.83 bits per heavy atom.